The Labute approximate surface area is 139 Å². The van der Waals surface area contributed by atoms with Gasteiger partial charge in [0.2, 0.25) is 0 Å². The van der Waals surface area contributed by atoms with E-state index in [1.807, 2.05) is 0 Å². The van der Waals surface area contributed by atoms with Crippen molar-refractivity contribution >= 4 is 17.5 Å². The van der Waals surface area contributed by atoms with Crippen LogP contribution in [0.15, 0.2) is 35.1 Å². The average molecular weight is 333 g/mol. The highest BCUT2D eigenvalue weighted by Gasteiger charge is 2.15. The lowest BCUT2D eigenvalue weighted by atomic mass is 10.1. The summed E-state index contributed by atoms with van der Waals surface area (Å²) in [5.74, 6) is -0.0834. The number of likely N-dealkylation sites (N-methyl/N-ethyl adjacent to an activating group) is 1. The number of halogens is 1. The lowest BCUT2D eigenvalue weighted by Crippen LogP contribution is -2.43. The maximum Gasteiger partial charge on any atom is 0.324 e. The summed E-state index contributed by atoms with van der Waals surface area (Å²) < 4.78 is 18.5. The first-order valence-corrected chi connectivity index (χ1v) is 7.77. The van der Waals surface area contributed by atoms with Crippen molar-refractivity contribution in [3.8, 4) is 0 Å². The third kappa shape index (κ3) is 4.53. The number of benzene rings is 1. The highest BCUT2D eigenvalue weighted by Crippen LogP contribution is 2.17. The van der Waals surface area contributed by atoms with Gasteiger partial charge in [0.25, 0.3) is 0 Å². The molecule has 1 saturated heterocycles. The second-order valence-corrected chi connectivity index (χ2v) is 5.89. The first-order valence-electron chi connectivity index (χ1n) is 7.77. The minimum absolute atomic E-state index is 0.293. The van der Waals surface area contributed by atoms with Gasteiger partial charge in [0.15, 0.2) is 5.82 Å². The number of piperazine rings is 1. The van der Waals surface area contributed by atoms with E-state index < -0.39 is 6.03 Å². The van der Waals surface area contributed by atoms with Crippen molar-refractivity contribution in [2.75, 3.05) is 43.9 Å². The number of hydrogen-bond acceptors (Lipinski definition) is 5. The Bertz CT molecular complexity index is 684. The lowest BCUT2D eigenvalue weighted by Gasteiger charge is -2.32. The van der Waals surface area contributed by atoms with Crippen molar-refractivity contribution in [2.24, 2.45) is 0 Å². The molecule has 3 rings (SSSR count). The number of nitrogens with one attached hydrogen (secondary N) is 2. The summed E-state index contributed by atoms with van der Waals surface area (Å²) in [5, 5.41) is 8.69. The van der Waals surface area contributed by atoms with Gasteiger partial charge in [0.1, 0.15) is 12.1 Å². The van der Waals surface area contributed by atoms with Gasteiger partial charge in [-0.2, -0.15) is 0 Å². The maximum absolute atomic E-state index is 13.8. The van der Waals surface area contributed by atoms with Crippen LogP contribution in [0.5, 0.6) is 0 Å². The molecule has 1 aliphatic rings. The predicted molar refractivity (Wildman–Crippen MR) is 88.3 cm³/mol. The molecule has 2 heterocycles. The summed E-state index contributed by atoms with van der Waals surface area (Å²) in [6, 6.07) is 5.59. The molecule has 0 radical (unpaired) electrons. The van der Waals surface area contributed by atoms with Crippen LogP contribution in [0, 0.1) is 5.82 Å². The topological polar surface area (TPSA) is 73.6 Å². The molecule has 0 spiro atoms. The summed E-state index contributed by atoms with van der Waals surface area (Å²) in [6.45, 7) is 4.55. The Morgan fingerprint density at radius 2 is 2.04 bits per heavy atom. The molecule has 1 aromatic heterocycles. The Morgan fingerprint density at radius 1 is 1.25 bits per heavy atom. The summed E-state index contributed by atoms with van der Waals surface area (Å²) in [5.41, 5.74) is 1.23. The third-order valence-electron chi connectivity index (χ3n) is 3.90. The molecule has 2 aromatic rings. The SMILES string of the molecule is CN1CCN(Cc2cc(F)cc(NC(=O)Nc3ccon3)c2)CC1. The maximum atomic E-state index is 13.8. The van der Waals surface area contributed by atoms with Crippen LogP contribution in [-0.2, 0) is 6.54 Å². The molecule has 24 heavy (non-hydrogen) atoms. The van der Waals surface area contributed by atoms with Crippen LogP contribution >= 0.6 is 0 Å². The zero-order valence-corrected chi connectivity index (χ0v) is 13.5. The van der Waals surface area contributed by atoms with Crippen LogP contribution in [0.2, 0.25) is 0 Å². The van der Waals surface area contributed by atoms with E-state index >= 15 is 0 Å². The quantitative estimate of drug-likeness (QED) is 0.897. The van der Waals surface area contributed by atoms with Gasteiger partial charge in [-0.1, -0.05) is 5.16 Å². The molecular formula is C16H20FN5O2. The molecule has 1 aliphatic heterocycles. The highest BCUT2D eigenvalue weighted by atomic mass is 19.1. The normalized spacial score (nSPS) is 16.1. The van der Waals surface area contributed by atoms with Crippen LogP contribution in [0.1, 0.15) is 5.56 Å². The summed E-state index contributed by atoms with van der Waals surface area (Å²) in [4.78, 5) is 16.4. The number of carbonyl (C=O) groups is 1. The largest absolute Gasteiger partial charge is 0.363 e. The molecule has 0 atom stereocenters. The zero-order chi connectivity index (χ0) is 16.9. The Balaban J connectivity index is 1.61. The molecule has 8 heteroatoms. The van der Waals surface area contributed by atoms with Gasteiger partial charge in [-0.3, -0.25) is 10.2 Å². The Morgan fingerprint density at radius 3 is 2.75 bits per heavy atom. The van der Waals surface area contributed by atoms with Gasteiger partial charge < -0.3 is 14.7 Å². The molecule has 128 valence electrons. The van der Waals surface area contributed by atoms with Gasteiger partial charge in [-0.05, 0) is 30.8 Å². The van der Waals surface area contributed by atoms with E-state index in [1.54, 1.807) is 6.07 Å². The molecule has 0 bridgehead atoms. The van der Waals surface area contributed by atoms with E-state index in [2.05, 4.69) is 37.2 Å². The summed E-state index contributed by atoms with van der Waals surface area (Å²) in [6.07, 6.45) is 1.35. The van der Waals surface area contributed by atoms with Gasteiger partial charge in [0, 0.05) is 44.5 Å². The van der Waals surface area contributed by atoms with Crippen molar-refractivity contribution in [1.29, 1.82) is 0 Å². The van der Waals surface area contributed by atoms with E-state index in [0.29, 0.717) is 18.1 Å². The summed E-state index contributed by atoms with van der Waals surface area (Å²) in [7, 11) is 2.09. The average Bonchev–Trinajstić information content (AvgIpc) is 3.01. The van der Waals surface area contributed by atoms with Crippen LogP contribution in [0.4, 0.5) is 20.7 Å². The smallest absolute Gasteiger partial charge is 0.324 e. The van der Waals surface area contributed by atoms with Gasteiger partial charge in [-0.25, -0.2) is 9.18 Å². The number of aromatic nitrogens is 1. The molecule has 1 fully saturated rings. The van der Waals surface area contributed by atoms with E-state index in [4.69, 9.17) is 0 Å². The number of hydrogen-bond donors (Lipinski definition) is 2. The lowest BCUT2D eigenvalue weighted by molar-refractivity contribution is 0.148. The molecule has 2 N–H and O–H groups in total. The first kappa shape index (κ1) is 16.4. The minimum atomic E-state index is -0.500. The fourth-order valence-corrected chi connectivity index (χ4v) is 2.63. The summed E-state index contributed by atoms with van der Waals surface area (Å²) >= 11 is 0. The number of carbonyl (C=O) groups excluding carboxylic acids is 1. The molecule has 2 amide bonds. The number of anilines is 2. The number of nitrogens with zero attached hydrogens (tertiary/aromatic N) is 3. The standard InChI is InChI=1S/C16H20FN5O2/c1-21-3-5-22(6-4-21)11-12-8-13(17)10-14(9-12)18-16(23)19-15-2-7-24-20-15/h2,7-10H,3-6,11H2,1H3,(H2,18,19,20,23). The molecular weight excluding hydrogens is 313 g/mol. The van der Waals surface area contributed by atoms with E-state index in [-0.39, 0.29) is 5.82 Å². The van der Waals surface area contributed by atoms with Crippen molar-refractivity contribution in [3.63, 3.8) is 0 Å². The fraction of sp³-hybridized carbons (Fsp3) is 0.375. The van der Waals surface area contributed by atoms with Crippen molar-refractivity contribution in [2.45, 2.75) is 6.54 Å². The molecule has 0 unspecified atom stereocenters. The second kappa shape index (κ2) is 7.41. The minimum Gasteiger partial charge on any atom is -0.363 e. The van der Waals surface area contributed by atoms with Crippen molar-refractivity contribution < 1.29 is 13.7 Å². The van der Waals surface area contributed by atoms with Gasteiger partial charge in [-0.15, -0.1) is 0 Å². The molecule has 0 saturated carbocycles. The Hall–Kier alpha value is -2.45. The number of rotatable bonds is 4. The fourth-order valence-electron chi connectivity index (χ4n) is 2.63. The zero-order valence-electron chi connectivity index (χ0n) is 13.5. The predicted octanol–water partition coefficient (Wildman–Crippen LogP) is 2.21. The van der Waals surface area contributed by atoms with E-state index in [1.165, 1.54) is 24.5 Å². The number of amides is 2. The van der Waals surface area contributed by atoms with Crippen molar-refractivity contribution in [1.82, 2.24) is 15.0 Å². The highest BCUT2D eigenvalue weighted by molar-refractivity contribution is 5.99. The van der Waals surface area contributed by atoms with Crippen molar-refractivity contribution in [3.05, 3.63) is 41.9 Å². The molecule has 7 nitrogen and oxygen atoms in total. The van der Waals surface area contributed by atoms with E-state index in [0.717, 1.165) is 31.7 Å². The monoisotopic (exact) mass is 333 g/mol. The van der Waals surface area contributed by atoms with Crippen LogP contribution in [0.25, 0.3) is 0 Å². The number of urea groups is 1. The van der Waals surface area contributed by atoms with E-state index in [9.17, 15) is 9.18 Å². The third-order valence-corrected chi connectivity index (χ3v) is 3.90. The van der Waals surface area contributed by atoms with Gasteiger partial charge in [0.05, 0.1) is 0 Å². The van der Waals surface area contributed by atoms with Crippen LogP contribution in [-0.4, -0.2) is 54.2 Å². The first-order chi connectivity index (χ1) is 11.6. The van der Waals surface area contributed by atoms with Gasteiger partial charge >= 0.3 is 6.03 Å². The van der Waals surface area contributed by atoms with Crippen LogP contribution < -0.4 is 10.6 Å². The molecule has 0 aliphatic carbocycles. The molecule has 1 aromatic carbocycles. The van der Waals surface area contributed by atoms with Crippen LogP contribution in [0.3, 0.4) is 0 Å². The Kier molecular flexibility index (Phi) is 5.07. The second-order valence-electron chi connectivity index (χ2n) is 5.89.